The van der Waals surface area contributed by atoms with Crippen LogP contribution in [0.2, 0.25) is 5.02 Å². The van der Waals surface area contributed by atoms with Crippen LogP contribution in [0.4, 0.5) is 26.4 Å². The first kappa shape index (κ1) is 27.0. The van der Waals surface area contributed by atoms with Gasteiger partial charge in [0.15, 0.2) is 0 Å². The lowest BCUT2D eigenvalue weighted by atomic mass is 10.0. The number of hydrogen-bond donors (Lipinski definition) is 1. The number of fused-ring (bicyclic) bond motifs is 3. The van der Waals surface area contributed by atoms with E-state index in [4.69, 9.17) is 21.3 Å². The first-order chi connectivity index (χ1) is 19.6. The summed E-state index contributed by atoms with van der Waals surface area (Å²) in [6, 6.07) is 14.7. The molecule has 2 aromatic rings. The number of nitrogens with zero attached hydrogens (tertiary/aromatic N) is 6. The number of piperazine rings is 1. The van der Waals surface area contributed by atoms with Gasteiger partial charge in [0.1, 0.15) is 23.1 Å². The maximum Gasteiger partial charge on any atom is 0.410 e. The Morgan fingerprint density at radius 3 is 2.49 bits per heavy atom. The predicted octanol–water partition coefficient (Wildman–Crippen LogP) is 5.56. The lowest BCUT2D eigenvalue weighted by molar-refractivity contribution is 0.0240. The number of hydrogen-bond acceptors (Lipinski definition) is 7. The minimum atomic E-state index is -0.551. The van der Waals surface area contributed by atoms with Crippen molar-refractivity contribution in [1.82, 2.24) is 19.4 Å². The number of benzene rings is 2. The van der Waals surface area contributed by atoms with Gasteiger partial charge in [0.25, 0.3) is 5.62 Å². The molecular formula is C30H31ClFN7O2. The van der Waals surface area contributed by atoms with Crippen LogP contribution in [0, 0.1) is 5.82 Å². The van der Waals surface area contributed by atoms with Gasteiger partial charge in [-0.2, -0.15) is 4.98 Å². The van der Waals surface area contributed by atoms with Gasteiger partial charge < -0.3 is 24.4 Å². The number of rotatable bonds is 3. The molecule has 0 aromatic heterocycles. The van der Waals surface area contributed by atoms with Crippen LogP contribution in [-0.2, 0) is 11.3 Å². The molecule has 0 spiro atoms. The van der Waals surface area contributed by atoms with Crippen molar-refractivity contribution in [2.75, 3.05) is 42.9 Å². The Bertz CT molecular complexity index is 1640. The van der Waals surface area contributed by atoms with Crippen molar-refractivity contribution in [2.45, 2.75) is 32.9 Å². The van der Waals surface area contributed by atoms with Crippen LogP contribution >= 0.6 is 11.6 Å². The number of amides is 1. The molecule has 2 aromatic carbocycles. The van der Waals surface area contributed by atoms with E-state index in [0.29, 0.717) is 42.6 Å². The summed E-state index contributed by atoms with van der Waals surface area (Å²) in [6.45, 7) is 9.00. The second-order valence-electron chi connectivity index (χ2n) is 11.1. The van der Waals surface area contributed by atoms with Gasteiger partial charge >= 0.3 is 6.09 Å². The number of nitrogens with one attached hydrogen (secondary N) is 1. The molecule has 9 nitrogen and oxygen atoms in total. The predicted molar refractivity (Wildman–Crippen MR) is 157 cm³/mol. The second-order valence-corrected chi connectivity index (χ2v) is 11.6. The van der Waals surface area contributed by atoms with E-state index in [1.807, 2.05) is 49.9 Å². The van der Waals surface area contributed by atoms with E-state index >= 15 is 4.39 Å². The minimum absolute atomic E-state index is 0.261. The zero-order chi connectivity index (χ0) is 28.7. The second kappa shape index (κ2) is 10.7. The average molecular weight is 576 g/mol. The first-order valence-electron chi connectivity index (χ1n) is 13.6. The van der Waals surface area contributed by atoms with Crippen LogP contribution in [0.1, 0.15) is 20.8 Å². The molecule has 1 amide bonds. The van der Waals surface area contributed by atoms with E-state index in [-0.39, 0.29) is 17.5 Å². The Labute approximate surface area is 242 Å². The molecule has 0 bridgehead atoms. The summed E-state index contributed by atoms with van der Waals surface area (Å²) < 4.78 is 22.8. The van der Waals surface area contributed by atoms with Gasteiger partial charge in [-0.3, -0.25) is 0 Å². The maximum absolute atomic E-state index is 15.2. The van der Waals surface area contributed by atoms with E-state index in [0.717, 1.165) is 41.4 Å². The van der Waals surface area contributed by atoms with Crippen molar-refractivity contribution in [3.8, 4) is 22.5 Å². The van der Waals surface area contributed by atoms with Crippen LogP contribution in [0.15, 0.2) is 59.7 Å². The number of carbonyl (C=O) groups excluding carboxylic acids is 1. The Balaban J connectivity index is 1.23. The molecule has 0 saturated carbocycles. The number of aromatic nitrogens is 3. The van der Waals surface area contributed by atoms with E-state index in [1.54, 1.807) is 23.2 Å². The van der Waals surface area contributed by atoms with Crippen molar-refractivity contribution in [3.05, 3.63) is 71.2 Å². The Morgan fingerprint density at radius 1 is 1.02 bits per heavy atom. The molecule has 41 heavy (non-hydrogen) atoms. The smallest absolute Gasteiger partial charge is 0.410 e. The summed E-state index contributed by atoms with van der Waals surface area (Å²) >= 11 is 6.09. The fraction of sp³-hybridized carbons (Fsp3) is 0.333. The molecule has 4 heterocycles. The van der Waals surface area contributed by atoms with Crippen LogP contribution < -0.4 is 15.8 Å². The molecule has 0 unspecified atom stereocenters. The number of ether oxygens (including phenoxy) is 1. The fourth-order valence-electron chi connectivity index (χ4n) is 5.16. The van der Waals surface area contributed by atoms with Gasteiger partial charge in [0.2, 0.25) is 0 Å². The van der Waals surface area contributed by atoms with Crippen LogP contribution in [0.5, 0.6) is 0 Å². The fourth-order valence-corrected chi connectivity index (χ4v) is 5.28. The normalized spacial score (nSPS) is 15.7. The van der Waals surface area contributed by atoms with Crippen molar-refractivity contribution in [1.29, 1.82) is 0 Å². The SMILES string of the molecule is CC(C)(C)OC(=O)N1CCN(c2ccc(N=c3ncc4cc(-c5ccc(Cl)cc5)c5n(c-4n3)CCN5)cc2F)CC1. The highest BCUT2D eigenvalue weighted by Gasteiger charge is 2.27. The topological polar surface area (TPSA) is 87.9 Å². The van der Waals surface area contributed by atoms with Crippen molar-refractivity contribution in [3.63, 3.8) is 0 Å². The molecule has 4 aliphatic heterocycles. The van der Waals surface area contributed by atoms with Gasteiger partial charge in [-0.1, -0.05) is 23.7 Å². The zero-order valence-electron chi connectivity index (χ0n) is 23.2. The summed E-state index contributed by atoms with van der Waals surface area (Å²) in [5.74, 6) is 1.35. The van der Waals surface area contributed by atoms with Crippen molar-refractivity contribution in [2.24, 2.45) is 4.99 Å². The Kier molecular flexibility index (Phi) is 7.03. The molecule has 1 fully saturated rings. The van der Waals surface area contributed by atoms with E-state index < -0.39 is 5.60 Å². The monoisotopic (exact) mass is 575 g/mol. The van der Waals surface area contributed by atoms with Gasteiger partial charge in [0.05, 0.1) is 11.4 Å². The van der Waals surface area contributed by atoms with E-state index in [9.17, 15) is 4.79 Å². The molecule has 212 valence electrons. The molecule has 4 aliphatic rings. The summed E-state index contributed by atoms with van der Waals surface area (Å²) in [6.07, 6.45) is 1.41. The molecule has 0 atom stereocenters. The highest BCUT2D eigenvalue weighted by molar-refractivity contribution is 6.30. The standard InChI is InChI=1S/C30H31ClFN7O2/c1-30(2,3)41-29(40)38-14-12-37(13-15-38)25-9-8-22(17-24(25)32)35-28-34-18-20-16-23(19-4-6-21(31)7-5-19)27-33-10-11-39(27)26(20)36-28/h4-9,16-18,33H,10-15H2,1-3H3. The van der Waals surface area contributed by atoms with Crippen molar-refractivity contribution >= 4 is 34.9 Å². The summed E-state index contributed by atoms with van der Waals surface area (Å²) in [7, 11) is 0. The highest BCUT2D eigenvalue weighted by atomic mass is 35.5. The molecule has 1 N–H and O–H groups in total. The lowest BCUT2D eigenvalue weighted by Crippen LogP contribution is -2.50. The molecule has 6 rings (SSSR count). The van der Waals surface area contributed by atoms with E-state index in [2.05, 4.69) is 25.9 Å². The van der Waals surface area contributed by atoms with E-state index in [1.165, 1.54) is 6.07 Å². The highest BCUT2D eigenvalue weighted by Crippen LogP contribution is 2.37. The quantitative estimate of drug-likeness (QED) is 0.344. The van der Waals surface area contributed by atoms with Crippen molar-refractivity contribution < 1.29 is 13.9 Å². The van der Waals surface area contributed by atoms with Crippen LogP contribution in [0.25, 0.3) is 22.5 Å². The third kappa shape index (κ3) is 5.69. The van der Waals surface area contributed by atoms with Crippen LogP contribution in [-0.4, -0.2) is 63.9 Å². The van der Waals surface area contributed by atoms with Crippen LogP contribution in [0.3, 0.4) is 0 Å². The molecule has 11 heteroatoms. The Morgan fingerprint density at radius 2 is 1.78 bits per heavy atom. The minimum Gasteiger partial charge on any atom is -0.444 e. The lowest BCUT2D eigenvalue weighted by Gasteiger charge is -2.36. The summed E-state index contributed by atoms with van der Waals surface area (Å²) in [5.41, 5.74) is 3.58. The molecular weight excluding hydrogens is 545 g/mol. The zero-order valence-corrected chi connectivity index (χ0v) is 24.0. The van der Waals surface area contributed by atoms with Gasteiger partial charge in [-0.25, -0.2) is 19.2 Å². The third-order valence-corrected chi connectivity index (χ3v) is 7.33. The largest absolute Gasteiger partial charge is 0.444 e. The third-order valence-electron chi connectivity index (χ3n) is 7.08. The number of halogens is 2. The summed E-state index contributed by atoms with van der Waals surface area (Å²) in [5, 5.41) is 4.15. The molecule has 1 saturated heterocycles. The first-order valence-corrected chi connectivity index (χ1v) is 14.0. The number of anilines is 2. The van der Waals surface area contributed by atoms with Gasteiger partial charge in [0, 0.05) is 67.7 Å². The molecule has 0 aliphatic carbocycles. The average Bonchev–Trinajstić information content (AvgIpc) is 3.43. The number of carbonyl (C=O) groups is 1. The maximum atomic E-state index is 15.2. The summed E-state index contributed by atoms with van der Waals surface area (Å²) in [4.78, 5) is 29.6. The van der Waals surface area contributed by atoms with Gasteiger partial charge in [-0.15, -0.1) is 0 Å². The Hall–Kier alpha value is -4.18. The molecule has 0 radical (unpaired) electrons. The van der Waals surface area contributed by atoms with Gasteiger partial charge in [-0.05, 0) is 56.7 Å². The number of pyridine rings is 1.